The van der Waals surface area contributed by atoms with E-state index in [1.165, 1.54) is 6.92 Å². The molecule has 0 radical (unpaired) electrons. The minimum atomic E-state index is -1.20. The number of primary amides is 1. The average molecular weight is 220 g/mol. The molecule has 6 N–H and O–H groups in total. The van der Waals surface area contributed by atoms with Crippen molar-refractivity contribution in [2.45, 2.75) is 25.6 Å². The quantitative estimate of drug-likeness (QED) is 0.311. The van der Waals surface area contributed by atoms with Crippen molar-refractivity contribution in [1.82, 2.24) is 5.32 Å². The van der Waals surface area contributed by atoms with Crippen LogP contribution < -0.4 is 11.1 Å². The van der Waals surface area contributed by atoms with Gasteiger partial charge in [-0.2, -0.15) is 0 Å². The molecule has 0 saturated carbocycles. The Bertz CT molecular complexity index is 233. The zero-order valence-electron chi connectivity index (χ0n) is 8.38. The van der Waals surface area contributed by atoms with Crippen LogP contribution in [0.25, 0.3) is 0 Å². The lowest BCUT2D eigenvalue weighted by molar-refractivity contribution is -0.140. The van der Waals surface area contributed by atoms with Crippen molar-refractivity contribution in [2.75, 3.05) is 6.61 Å². The summed E-state index contributed by atoms with van der Waals surface area (Å²) < 4.78 is 0. The Morgan fingerprint density at radius 1 is 1.47 bits per heavy atom. The first kappa shape index (κ1) is 13.8. The number of rotatable bonds is 7. The van der Waals surface area contributed by atoms with E-state index in [0.29, 0.717) is 0 Å². The summed E-state index contributed by atoms with van der Waals surface area (Å²) >= 11 is 0. The fourth-order valence-electron chi connectivity index (χ4n) is 0.887. The number of carboxylic acids is 1. The Morgan fingerprint density at radius 3 is 2.33 bits per heavy atom. The van der Waals surface area contributed by atoms with Crippen molar-refractivity contribution in [3.05, 3.63) is 0 Å². The first-order valence-corrected chi connectivity index (χ1v) is 4.44. The highest BCUT2D eigenvalue weighted by Gasteiger charge is 2.23. The molecule has 0 bridgehead atoms. The summed E-state index contributed by atoms with van der Waals surface area (Å²) in [5.74, 6) is -2.57. The van der Waals surface area contributed by atoms with Crippen LogP contribution in [0, 0.1) is 5.92 Å². The second-order valence-electron chi connectivity index (χ2n) is 3.32. The van der Waals surface area contributed by atoms with Crippen LogP contribution >= 0.6 is 0 Å². The van der Waals surface area contributed by atoms with Crippen LogP contribution in [-0.4, -0.2) is 46.1 Å². The van der Waals surface area contributed by atoms with E-state index in [1.54, 1.807) is 0 Å². The number of carboxylic acid groups (broad SMARTS) is 1. The minimum Gasteiger partial charge on any atom is -0.481 e. The molecule has 88 valence electrons. The predicted molar refractivity (Wildman–Crippen MR) is 50.6 cm³/mol. The number of hydrogen-bond acceptors (Lipinski definition) is 5. The van der Waals surface area contributed by atoms with E-state index >= 15 is 0 Å². The lowest BCUT2D eigenvalue weighted by Crippen LogP contribution is -2.50. The smallest absolute Gasteiger partial charge is 0.305 e. The van der Waals surface area contributed by atoms with Crippen molar-refractivity contribution < 1.29 is 24.9 Å². The van der Waals surface area contributed by atoms with Crippen LogP contribution in [0.1, 0.15) is 13.3 Å². The zero-order valence-corrected chi connectivity index (χ0v) is 8.38. The molecular formula is C8H16N2O5. The summed E-state index contributed by atoms with van der Waals surface area (Å²) in [5, 5.41) is 28.9. The van der Waals surface area contributed by atoms with Crippen molar-refractivity contribution in [3.8, 4) is 0 Å². The zero-order chi connectivity index (χ0) is 12.0. The summed E-state index contributed by atoms with van der Waals surface area (Å²) in [6.07, 6.45) is -1.68. The van der Waals surface area contributed by atoms with Crippen molar-refractivity contribution >= 4 is 11.9 Å². The van der Waals surface area contributed by atoms with E-state index in [9.17, 15) is 14.7 Å². The van der Waals surface area contributed by atoms with E-state index in [-0.39, 0.29) is 6.61 Å². The van der Waals surface area contributed by atoms with Crippen LogP contribution in [0.5, 0.6) is 0 Å². The van der Waals surface area contributed by atoms with Gasteiger partial charge in [0.25, 0.3) is 0 Å². The van der Waals surface area contributed by atoms with Gasteiger partial charge in [-0.3, -0.25) is 14.9 Å². The number of carbonyl (C=O) groups is 2. The second-order valence-corrected chi connectivity index (χ2v) is 3.32. The van der Waals surface area contributed by atoms with Gasteiger partial charge in [0.15, 0.2) is 0 Å². The Kier molecular flexibility index (Phi) is 5.83. The summed E-state index contributed by atoms with van der Waals surface area (Å²) in [7, 11) is 0. The first-order valence-electron chi connectivity index (χ1n) is 4.44. The molecule has 0 heterocycles. The lowest BCUT2D eigenvalue weighted by Gasteiger charge is -2.22. The second kappa shape index (κ2) is 6.33. The number of aliphatic carboxylic acids is 1. The Balaban J connectivity index is 4.28. The van der Waals surface area contributed by atoms with Crippen LogP contribution in [0.3, 0.4) is 0 Å². The van der Waals surface area contributed by atoms with Crippen molar-refractivity contribution in [3.63, 3.8) is 0 Å². The number of aliphatic hydroxyl groups excluding tert-OH is 2. The van der Waals surface area contributed by atoms with Crippen LogP contribution in [0.2, 0.25) is 0 Å². The van der Waals surface area contributed by atoms with Crippen LogP contribution in [0.15, 0.2) is 0 Å². The molecule has 0 spiro atoms. The van der Waals surface area contributed by atoms with E-state index in [2.05, 4.69) is 5.32 Å². The molecule has 0 aromatic rings. The van der Waals surface area contributed by atoms with Gasteiger partial charge in [0.2, 0.25) is 5.91 Å². The van der Waals surface area contributed by atoms with Gasteiger partial charge in [-0.05, 0) is 0 Å². The highest BCUT2D eigenvalue weighted by molar-refractivity contribution is 5.84. The molecule has 0 aliphatic heterocycles. The van der Waals surface area contributed by atoms with Gasteiger partial charge in [0.05, 0.1) is 12.5 Å². The molecule has 0 aliphatic rings. The maximum Gasteiger partial charge on any atom is 0.305 e. The molecule has 0 aromatic heterocycles. The molecule has 0 aromatic carbocycles. The summed E-state index contributed by atoms with van der Waals surface area (Å²) in [4.78, 5) is 21.2. The van der Waals surface area contributed by atoms with E-state index < -0.39 is 36.5 Å². The Hall–Kier alpha value is -1.18. The number of hydrogen-bond donors (Lipinski definition) is 5. The highest BCUT2D eigenvalue weighted by Crippen LogP contribution is 2.01. The van der Waals surface area contributed by atoms with E-state index in [4.69, 9.17) is 15.9 Å². The molecular weight excluding hydrogens is 204 g/mol. The molecule has 2 unspecified atom stereocenters. The predicted octanol–water partition coefficient (Wildman–Crippen LogP) is -2.15. The number of amides is 1. The SMILES string of the molecule is CC(CO)C(O)N[C@@H](CC(=O)O)C(N)=O. The first-order chi connectivity index (χ1) is 6.88. The molecule has 0 aliphatic carbocycles. The van der Waals surface area contributed by atoms with Crippen molar-refractivity contribution in [2.24, 2.45) is 11.7 Å². The van der Waals surface area contributed by atoms with Gasteiger partial charge in [-0.15, -0.1) is 0 Å². The highest BCUT2D eigenvalue weighted by atomic mass is 16.4. The third-order valence-electron chi connectivity index (χ3n) is 1.92. The van der Waals surface area contributed by atoms with Gasteiger partial charge < -0.3 is 21.1 Å². The number of nitrogens with two attached hydrogens (primary N) is 1. The Labute approximate surface area is 86.9 Å². The average Bonchev–Trinajstić information content (AvgIpc) is 2.14. The van der Waals surface area contributed by atoms with Crippen LogP contribution in [-0.2, 0) is 9.59 Å². The van der Waals surface area contributed by atoms with Gasteiger partial charge in [0, 0.05) is 12.5 Å². The third-order valence-corrected chi connectivity index (χ3v) is 1.92. The molecule has 7 heteroatoms. The van der Waals surface area contributed by atoms with Gasteiger partial charge in [-0.1, -0.05) is 6.92 Å². The molecule has 0 fully saturated rings. The normalized spacial score (nSPS) is 16.7. The van der Waals surface area contributed by atoms with E-state index in [0.717, 1.165) is 0 Å². The molecule has 15 heavy (non-hydrogen) atoms. The lowest BCUT2D eigenvalue weighted by atomic mass is 10.1. The summed E-state index contributed by atoms with van der Waals surface area (Å²) in [6.45, 7) is 1.25. The Morgan fingerprint density at radius 2 is 2.00 bits per heavy atom. The fraction of sp³-hybridized carbons (Fsp3) is 0.750. The molecule has 7 nitrogen and oxygen atoms in total. The van der Waals surface area contributed by atoms with Gasteiger partial charge in [0.1, 0.15) is 6.23 Å². The summed E-state index contributed by atoms with van der Waals surface area (Å²) in [6, 6.07) is -1.15. The largest absolute Gasteiger partial charge is 0.481 e. The van der Waals surface area contributed by atoms with Crippen LogP contribution in [0.4, 0.5) is 0 Å². The third kappa shape index (κ3) is 5.31. The molecule has 0 saturated heterocycles. The molecule has 3 atom stereocenters. The number of nitrogens with one attached hydrogen (secondary N) is 1. The van der Waals surface area contributed by atoms with E-state index in [1.807, 2.05) is 0 Å². The topological polar surface area (TPSA) is 133 Å². The van der Waals surface area contributed by atoms with Crippen molar-refractivity contribution in [1.29, 1.82) is 0 Å². The fourth-order valence-corrected chi connectivity index (χ4v) is 0.887. The number of carbonyl (C=O) groups excluding carboxylic acids is 1. The minimum absolute atomic E-state index is 0.285. The number of aliphatic hydroxyl groups is 2. The standard InChI is InChI=1S/C8H16N2O5/c1-4(3-11)8(15)10-5(7(9)14)2-6(12)13/h4-5,8,10-11,15H,2-3H2,1H3,(H2,9,14)(H,12,13)/t4?,5-,8?/m0/s1. The van der Waals surface area contributed by atoms with Gasteiger partial charge >= 0.3 is 5.97 Å². The molecule has 0 rings (SSSR count). The maximum atomic E-state index is 10.8. The summed E-state index contributed by atoms with van der Waals surface area (Å²) in [5.41, 5.74) is 4.94. The monoisotopic (exact) mass is 220 g/mol. The van der Waals surface area contributed by atoms with Gasteiger partial charge in [-0.25, -0.2) is 0 Å². The molecule has 1 amide bonds. The maximum absolute atomic E-state index is 10.8.